The molecule has 0 radical (unpaired) electrons. The third kappa shape index (κ3) is 5.53. The lowest BCUT2D eigenvalue weighted by atomic mass is 10.1. The van der Waals surface area contributed by atoms with E-state index in [1.54, 1.807) is 0 Å². The van der Waals surface area contributed by atoms with Crippen LogP contribution in [0.1, 0.15) is 58.6 Å². The smallest absolute Gasteiger partial charge is 0.133 e. The first-order valence-corrected chi connectivity index (χ1v) is 8.07. The van der Waals surface area contributed by atoms with E-state index in [4.69, 9.17) is 4.74 Å². The molecule has 2 atom stereocenters. The fraction of sp³-hybridized carbons (Fsp3) is 0.625. The number of hydrogen-bond donors (Lipinski definition) is 1. The molecular formula is C16H26BrNO. The van der Waals surface area contributed by atoms with E-state index < -0.39 is 0 Å². The highest BCUT2D eigenvalue weighted by Gasteiger charge is 2.10. The Bertz CT molecular complexity index is 381. The Morgan fingerprint density at radius 2 is 1.95 bits per heavy atom. The maximum Gasteiger partial charge on any atom is 0.133 e. The van der Waals surface area contributed by atoms with Crippen LogP contribution in [0.4, 0.5) is 0 Å². The quantitative estimate of drug-likeness (QED) is 0.719. The van der Waals surface area contributed by atoms with E-state index in [0.717, 1.165) is 36.0 Å². The van der Waals surface area contributed by atoms with Gasteiger partial charge in [0.25, 0.3) is 0 Å². The summed E-state index contributed by atoms with van der Waals surface area (Å²) >= 11 is 3.61. The fourth-order valence-electron chi connectivity index (χ4n) is 2.04. The number of benzene rings is 1. The van der Waals surface area contributed by atoms with Gasteiger partial charge in [-0.1, -0.05) is 26.3 Å². The van der Waals surface area contributed by atoms with Crippen LogP contribution in [0.5, 0.6) is 5.75 Å². The zero-order valence-corrected chi connectivity index (χ0v) is 14.1. The second-order valence-electron chi connectivity index (χ2n) is 5.08. The Kier molecular flexibility index (Phi) is 7.47. The van der Waals surface area contributed by atoms with E-state index in [9.17, 15) is 0 Å². The van der Waals surface area contributed by atoms with Crippen molar-refractivity contribution < 1.29 is 4.74 Å². The van der Waals surface area contributed by atoms with Crippen LogP contribution in [0.25, 0.3) is 0 Å². The zero-order chi connectivity index (χ0) is 14.3. The Labute approximate surface area is 126 Å². The van der Waals surface area contributed by atoms with Crippen LogP contribution in [0.2, 0.25) is 0 Å². The van der Waals surface area contributed by atoms with Gasteiger partial charge < -0.3 is 10.1 Å². The van der Waals surface area contributed by atoms with E-state index in [1.165, 1.54) is 5.56 Å². The molecule has 0 aliphatic rings. The van der Waals surface area contributed by atoms with E-state index in [2.05, 4.69) is 67.1 Å². The van der Waals surface area contributed by atoms with Crippen LogP contribution in [-0.2, 0) is 0 Å². The molecule has 1 rings (SSSR count). The summed E-state index contributed by atoms with van der Waals surface area (Å²) < 4.78 is 6.97. The standard InChI is InChI=1S/C16H26BrNO/c1-5-7-12(3)19-16-9-8-14(11-15(16)17)13(4)18-10-6-2/h8-9,11-13,18H,5-7,10H2,1-4H3. The van der Waals surface area contributed by atoms with E-state index in [1.807, 2.05) is 0 Å². The van der Waals surface area contributed by atoms with Crippen molar-refractivity contribution in [3.63, 3.8) is 0 Å². The molecule has 0 aliphatic heterocycles. The van der Waals surface area contributed by atoms with Gasteiger partial charge in [-0.3, -0.25) is 0 Å². The van der Waals surface area contributed by atoms with Gasteiger partial charge in [-0.05, 0) is 66.9 Å². The summed E-state index contributed by atoms with van der Waals surface area (Å²) in [4.78, 5) is 0. The van der Waals surface area contributed by atoms with Crippen molar-refractivity contribution in [2.24, 2.45) is 0 Å². The molecule has 19 heavy (non-hydrogen) atoms. The van der Waals surface area contributed by atoms with Crippen LogP contribution < -0.4 is 10.1 Å². The van der Waals surface area contributed by atoms with Gasteiger partial charge in [-0.15, -0.1) is 0 Å². The van der Waals surface area contributed by atoms with Gasteiger partial charge in [-0.25, -0.2) is 0 Å². The zero-order valence-electron chi connectivity index (χ0n) is 12.5. The number of rotatable bonds is 8. The third-order valence-electron chi connectivity index (χ3n) is 3.18. The first-order valence-electron chi connectivity index (χ1n) is 7.27. The summed E-state index contributed by atoms with van der Waals surface area (Å²) in [7, 11) is 0. The van der Waals surface area contributed by atoms with Crippen molar-refractivity contribution in [2.45, 2.75) is 59.1 Å². The SMILES string of the molecule is CCCNC(C)c1ccc(OC(C)CCC)c(Br)c1. The first kappa shape index (κ1) is 16.5. The average molecular weight is 328 g/mol. The van der Waals surface area contributed by atoms with Crippen molar-refractivity contribution in [1.29, 1.82) is 0 Å². The molecule has 0 heterocycles. The number of nitrogens with one attached hydrogen (secondary N) is 1. The monoisotopic (exact) mass is 327 g/mol. The molecule has 1 aromatic rings. The van der Waals surface area contributed by atoms with Gasteiger partial charge in [-0.2, -0.15) is 0 Å². The molecule has 3 heteroatoms. The molecular weight excluding hydrogens is 302 g/mol. The Morgan fingerprint density at radius 1 is 1.21 bits per heavy atom. The van der Waals surface area contributed by atoms with Crippen molar-refractivity contribution in [3.05, 3.63) is 28.2 Å². The number of hydrogen-bond acceptors (Lipinski definition) is 2. The summed E-state index contributed by atoms with van der Waals surface area (Å²) in [6.45, 7) is 9.72. The second kappa shape index (κ2) is 8.60. The minimum Gasteiger partial charge on any atom is -0.490 e. The lowest BCUT2D eigenvalue weighted by molar-refractivity contribution is 0.208. The summed E-state index contributed by atoms with van der Waals surface area (Å²) in [5.74, 6) is 0.937. The molecule has 0 saturated carbocycles. The van der Waals surface area contributed by atoms with E-state index in [-0.39, 0.29) is 6.10 Å². The topological polar surface area (TPSA) is 21.3 Å². The molecule has 0 amide bonds. The maximum atomic E-state index is 5.93. The fourth-order valence-corrected chi connectivity index (χ4v) is 2.53. The van der Waals surface area contributed by atoms with Crippen LogP contribution in [0, 0.1) is 0 Å². The number of ether oxygens (including phenoxy) is 1. The molecule has 2 unspecified atom stereocenters. The van der Waals surface area contributed by atoms with Crippen molar-refractivity contribution in [3.8, 4) is 5.75 Å². The molecule has 0 bridgehead atoms. The Morgan fingerprint density at radius 3 is 2.53 bits per heavy atom. The summed E-state index contributed by atoms with van der Waals surface area (Å²) in [6.07, 6.45) is 3.65. The van der Waals surface area contributed by atoms with Gasteiger partial charge >= 0.3 is 0 Å². The van der Waals surface area contributed by atoms with Gasteiger partial charge in [0.1, 0.15) is 5.75 Å². The minimum atomic E-state index is 0.266. The van der Waals surface area contributed by atoms with Crippen LogP contribution in [0.15, 0.2) is 22.7 Å². The molecule has 1 N–H and O–H groups in total. The molecule has 0 fully saturated rings. The summed E-state index contributed by atoms with van der Waals surface area (Å²) in [6, 6.07) is 6.74. The summed E-state index contributed by atoms with van der Waals surface area (Å²) in [5.41, 5.74) is 1.29. The van der Waals surface area contributed by atoms with E-state index >= 15 is 0 Å². The molecule has 1 aromatic carbocycles. The average Bonchev–Trinajstić information content (AvgIpc) is 2.38. The lowest BCUT2D eigenvalue weighted by Gasteiger charge is -2.18. The molecule has 0 aliphatic carbocycles. The van der Waals surface area contributed by atoms with Gasteiger partial charge in [0.05, 0.1) is 10.6 Å². The highest BCUT2D eigenvalue weighted by atomic mass is 79.9. The highest BCUT2D eigenvalue weighted by molar-refractivity contribution is 9.10. The van der Waals surface area contributed by atoms with Gasteiger partial charge in [0.15, 0.2) is 0 Å². The van der Waals surface area contributed by atoms with Crippen molar-refractivity contribution in [1.82, 2.24) is 5.32 Å². The molecule has 0 spiro atoms. The predicted octanol–water partition coefficient (Wildman–Crippen LogP) is 5.08. The lowest BCUT2D eigenvalue weighted by Crippen LogP contribution is -2.19. The molecule has 0 saturated heterocycles. The normalized spacial score (nSPS) is 14.2. The van der Waals surface area contributed by atoms with Gasteiger partial charge in [0, 0.05) is 6.04 Å². The van der Waals surface area contributed by atoms with Crippen molar-refractivity contribution >= 4 is 15.9 Å². The molecule has 2 nitrogen and oxygen atoms in total. The van der Waals surface area contributed by atoms with Crippen LogP contribution >= 0.6 is 15.9 Å². The van der Waals surface area contributed by atoms with E-state index in [0.29, 0.717) is 6.04 Å². The summed E-state index contributed by atoms with van der Waals surface area (Å²) in [5, 5.41) is 3.49. The van der Waals surface area contributed by atoms with Crippen LogP contribution in [0.3, 0.4) is 0 Å². The number of halogens is 1. The van der Waals surface area contributed by atoms with Crippen molar-refractivity contribution in [2.75, 3.05) is 6.54 Å². The highest BCUT2D eigenvalue weighted by Crippen LogP contribution is 2.29. The third-order valence-corrected chi connectivity index (χ3v) is 3.80. The minimum absolute atomic E-state index is 0.266. The maximum absolute atomic E-state index is 5.93. The Hall–Kier alpha value is -0.540. The first-order chi connectivity index (χ1) is 9.08. The predicted molar refractivity (Wildman–Crippen MR) is 85.8 cm³/mol. The molecule has 0 aromatic heterocycles. The van der Waals surface area contributed by atoms with Gasteiger partial charge in [0.2, 0.25) is 0 Å². The molecule has 108 valence electrons. The second-order valence-corrected chi connectivity index (χ2v) is 5.94. The Balaban J connectivity index is 2.68. The largest absolute Gasteiger partial charge is 0.490 e. The van der Waals surface area contributed by atoms with Crippen LogP contribution in [-0.4, -0.2) is 12.6 Å².